The first-order valence-corrected chi connectivity index (χ1v) is 20.8. The van der Waals surface area contributed by atoms with Crippen molar-refractivity contribution < 1.29 is 0 Å². The Labute approximate surface area is 351 Å². The quantitative estimate of drug-likeness (QED) is 0.150. The first kappa shape index (κ1) is 35.5. The molecular formula is C58H42N2. The van der Waals surface area contributed by atoms with Crippen LogP contribution in [0.15, 0.2) is 237 Å². The molecule has 1 heterocycles. The van der Waals surface area contributed by atoms with Crippen molar-refractivity contribution in [2.24, 2.45) is 0 Å². The number of nitrogens with zero attached hydrogens (tertiary/aromatic N) is 2. The molecule has 0 unspecified atom stereocenters. The van der Waals surface area contributed by atoms with Gasteiger partial charge in [0, 0.05) is 34.4 Å². The van der Waals surface area contributed by atoms with Crippen LogP contribution in [0.5, 0.6) is 0 Å². The third kappa shape index (κ3) is 5.96. The highest BCUT2D eigenvalue weighted by Crippen LogP contribution is 2.54. The maximum absolute atomic E-state index is 2.43. The van der Waals surface area contributed by atoms with Crippen LogP contribution in [-0.2, 0) is 5.41 Å². The van der Waals surface area contributed by atoms with Crippen LogP contribution in [0.3, 0.4) is 0 Å². The van der Waals surface area contributed by atoms with Crippen molar-refractivity contribution in [1.29, 1.82) is 0 Å². The molecule has 60 heavy (non-hydrogen) atoms. The Balaban J connectivity index is 1.05. The average molecular weight is 767 g/mol. The van der Waals surface area contributed by atoms with E-state index < -0.39 is 0 Å². The zero-order valence-electron chi connectivity index (χ0n) is 33.4. The molecule has 11 rings (SSSR count). The number of rotatable bonds is 8. The van der Waals surface area contributed by atoms with E-state index in [9.17, 15) is 0 Å². The van der Waals surface area contributed by atoms with Crippen LogP contribution in [-0.4, -0.2) is 4.57 Å². The first-order chi connectivity index (χ1) is 29.6. The largest absolute Gasteiger partial charge is 0.317 e. The summed E-state index contributed by atoms with van der Waals surface area (Å²) in [4.78, 5) is 2.36. The molecule has 0 saturated heterocycles. The molecule has 1 aliphatic rings. The highest BCUT2D eigenvalue weighted by atomic mass is 15.1. The van der Waals surface area contributed by atoms with Gasteiger partial charge in [-0.15, -0.1) is 0 Å². The van der Waals surface area contributed by atoms with Gasteiger partial charge in [0.1, 0.15) is 0 Å². The minimum absolute atomic E-state index is 0.382. The van der Waals surface area contributed by atoms with E-state index in [4.69, 9.17) is 0 Å². The molecule has 0 saturated carbocycles. The van der Waals surface area contributed by atoms with Gasteiger partial charge in [0.2, 0.25) is 0 Å². The summed E-state index contributed by atoms with van der Waals surface area (Å²) < 4.78 is 2.33. The van der Waals surface area contributed by atoms with Crippen LogP contribution in [0.1, 0.15) is 23.6 Å². The second kappa shape index (κ2) is 14.6. The van der Waals surface area contributed by atoms with E-state index in [1.54, 1.807) is 0 Å². The highest BCUT2D eigenvalue weighted by Gasteiger charge is 2.42. The van der Waals surface area contributed by atoms with E-state index in [0.29, 0.717) is 0 Å². The third-order valence-corrected chi connectivity index (χ3v) is 12.5. The van der Waals surface area contributed by atoms with Gasteiger partial charge in [-0.3, -0.25) is 0 Å². The lowest BCUT2D eigenvalue weighted by Gasteiger charge is -2.31. The smallest absolute Gasteiger partial charge is 0.0528 e. The molecule has 0 spiro atoms. The molecule has 1 aromatic heterocycles. The Morgan fingerprint density at radius 2 is 0.800 bits per heavy atom. The van der Waals surface area contributed by atoms with E-state index in [-0.39, 0.29) is 5.41 Å². The normalized spacial score (nSPS) is 12.6. The van der Waals surface area contributed by atoms with Gasteiger partial charge in [-0.2, -0.15) is 0 Å². The molecule has 2 nitrogen and oxygen atoms in total. The Bertz CT molecular complexity index is 2990. The second-order valence-corrected chi connectivity index (χ2v) is 15.9. The summed E-state index contributed by atoms with van der Waals surface area (Å²) in [5.74, 6) is 0. The zero-order chi connectivity index (χ0) is 40.0. The van der Waals surface area contributed by atoms with E-state index in [1.807, 2.05) is 0 Å². The second-order valence-electron chi connectivity index (χ2n) is 15.9. The summed E-state index contributed by atoms with van der Waals surface area (Å²) in [6.45, 7) is 2.42. The number of anilines is 3. The molecule has 2 heteroatoms. The fourth-order valence-corrected chi connectivity index (χ4v) is 9.50. The number of aromatic nitrogens is 1. The third-order valence-electron chi connectivity index (χ3n) is 12.5. The molecule has 0 aliphatic heterocycles. The van der Waals surface area contributed by atoms with Crippen LogP contribution >= 0.6 is 0 Å². The van der Waals surface area contributed by atoms with Gasteiger partial charge < -0.3 is 9.47 Å². The van der Waals surface area contributed by atoms with Crippen molar-refractivity contribution in [1.82, 2.24) is 4.57 Å². The Hall–Kier alpha value is -7.68. The number of hydrogen-bond acceptors (Lipinski definition) is 1. The summed E-state index contributed by atoms with van der Waals surface area (Å²) in [6, 6.07) is 84.0. The van der Waals surface area contributed by atoms with Crippen LogP contribution in [0.25, 0.3) is 61.1 Å². The molecule has 0 fully saturated rings. The first-order valence-electron chi connectivity index (χ1n) is 20.8. The Kier molecular flexibility index (Phi) is 8.64. The van der Waals surface area contributed by atoms with Crippen molar-refractivity contribution in [2.45, 2.75) is 12.3 Å². The van der Waals surface area contributed by atoms with Crippen LogP contribution < -0.4 is 4.90 Å². The van der Waals surface area contributed by atoms with Crippen molar-refractivity contribution >= 4 is 28.0 Å². The van der Waals surface area contributed by atoms with Crippen molar-refractivity contribution in [3.63, 3.8) is 0 Å². The molecule has 284 valence electrons. The van der Waals surface area contributed by atoms with E-state index in [1.165, 1.54) is 72.1 Å². The summed E-state index contributed by atoms with van der Waals surface area (Å²) in [6.07, 6.45) is 2.20. The van der Waals surface area contributed by atoms with Gasteiger partial charge in [0.25, 0.3) is 0 Å². The standard InChI is InChI=1S/C58H42N2/c1-58(54-21-11-9-19-52(54)53-20-10-12-22-55(53)58)56-40-50(59-39-38-46-18-8-13-23-57(46)59)36-37-51(56)45-28-34-49(35-29-45)60(47-30-24-43(25-31-47)41-14-4-2-5-15-41)48-32-26-44(27-33-48)42-16-6-3-7-17-42/h2-40H,1H3. The summed E-state index contributed by atoms with van der Waals surface area (Å²) in [5.41, 5.74) is 19.1. The fraction of sp³-hybridized carbons (Fsp3) is 0.0345. The van der Waals surface area contributed by atoms with Crippen LogP contribution in [0, 0.1) is 0 Å². The molecule has 10 aromatic rings. The SMILES string of the molecule is CC1(c2cc(-n3ccc4ccccc43)ccc2-c2ccc(N(c3ccc(-c4ccccc4)cc3)c3ccc(-c4ccccc4)cc3)cc2)c2ccccc2-c2ccccc21. The van der Waals surface area contributed by atoms with Crippen molar-refractivity contribution in [3.05, 3.63) is 253 Å². The molecular weight excluding hydrogens is 725 g/mol. The number of hydrogen-bond donors (Lipinski definition) is 0. The molecule has 0 radical (unpaired) electrons. The molecule has 0 N–H and O–H groups in total. The summed E-state index contributed by atoms with van der Waals surface area (Å²) in [5, 5.41) is 1.23. The number of para-hydroxylation sites is 1. The minimum Gasteiger partial charge on any atom is -0.317 e. The molecule has 1 aliphatic carbocycles. The minimum atomic E-state index is -0.382. The lowest BCUT2D eigenvalue weighted by atomic mass is 9.71. The lowest BCUT2D eigenvalue weighted by Crippen LogP contribution is -2.24. The van der Waals surface area contributed by atoms with Crippen molar-refractivity contribution in [3.8, 4) is 50.2 Å². The van der Waals surface area contributed by atoms with Gasteiger partial charge in [-0.25, -0.2) is 0 Å². The highest BCUT2D eigenvalue weighted by molar-refractivity contribution is 5.88. The topological polar surface area (TPSA) is 8.17 Å². The maximum atomic E-state index is 2.43. The van der Waals surface area contributed by atoms with Crippen molar-refractivity contribution in [2.75, 3.05) is 4.90 Å². The fourth-order valence-electron chi connectivity index (χ4n) is 9.50. The lowest BCUT2D eigenvalue weighted by molar-refractivity contribution is 0.715. The molecule has 0 bridgehead atoms. The zero-order valence-corrected chi connectivity index (χ0v) is 33.4. The van der Waals surface area contributed by atoms with Crippen LogP contribution in [0.4, 0.5) is 17.1 Å². The average Bonchev–Trinajstić information content (AvgIpc) is 3.88. The monoisotopic (exact) mass is 766 g/mol. The van der Waals surface area contributed by atoms with Gasteiger partial charge in [0.05, 0.1) is 5.52 Å². The summed E-state index contributed by atoms with van der Waals surface area (Å²) >= 11 is 0. The number of fused-ring (bicyclic) bond motifs is 4. The van der Waals surface area contributed by atoms with Gasteiger partial charge in [-0.1, -0.05) is 170 Å². The number of benzene rings is 9. The van der Waals surface area contributed by atoms with Gasteiger partial charge in [-0.05, 0) is 134 Å². The molecule has 9 aromatic carbocycles. The molecule has 0 atom stereocenters. The van der Waals surface area contributed by atoms with Gasteiger partial charge >= 0.3 is 0 Å². The predicted octanol–water partition coefficient (Wildman–Crippen LogP) is 15.4. The van der Waals surface area contributed by atoms with E-state index in [2.05, 4.69) is 253 Å². The Morgan fingerprint density at radius 1 is 0.350 bits per heavy atom. The Morgan fingerprint density at radius 3 is 1.35 bits per heavy atom. The van der Waals surface area contributed by atoms with Crippen LogP contribution in [0.2, 0.25) is 0 Å². The maximum Gasteiger partial charge on any atom is 0.0528 e. The summed E-state index contributed by atoms with van der Waals surface area (Å²) in [7, 11) is 0. The predicted molar refractivity (Wildman–Crippen MR) is 252 cm³/mol. The van der Waals surface area contributed by atoms with Gasteiger partial charge in [0.15, 0.2) is 0 Å². The van der Waals surface area contributed by atoms with E-state index >= 15 is 0 Å². The molecule has 0 amide bonds. The van der Waals surface area contributed by atoms with E-state index in [0.717, 1.165) is 22.7 Å².